The number of thiazole rings is 1. The van der Waals surface area contributed by atoms with E-state index in [0.717, 1.165) is 5.69 Å². The predicted octanol–water partition coefficient (Wildman–Crippen LogP) is 0.156. The summed E-state index contributed by atoms with van der Waals surface area (Å²) in [6.45, 7) is 1.87. The summed E-state index contributed by atoms with van der Waals surface area (Å²) in [7, 11) is 1.69. The van der Waals surface area contributed by atoms with Crippen LogP contribution in [-0.2, 0) is 18.3 Å². The lowest BCUT2D eigenvalue weighted by molar-refractivity contribution is -0.115. The maximum Gasteiger partial charge on any atom is 0.233 e. The number of tetrazole rings is 1. The Bertz CT molecular complexity index is 504. The second-order valence-electron chi connectivity index (χ2n) is 3.24. The van der Waals surface area contributed by atoms with Crippen molar-refractivity contribution >= 4 is 22.4 Å². The number of nitrogens with one attached hydrogen (secondary N) is 1. The molecule has 0 unspecified atom stereocenters. The molecule has 0 aliphatic heterocycles. The molecule has 1 amide bonds. The fourth-order valence-electron chi connectivity index (χ4n) is 1.12. The molecule has 0 saturated heterocycles. The quantitative estimate of drug-likeness (QED) is 0.823. The highest BCUT2D eigenvalue weighted by molar-refractivity contribution is 7.13. The van der Waals surface area contributed by atoms with Gasteiger partial charge in [0.2, 0.25) is 5.91 Å². The molecule has 84 valence electrons. The van der Waals surface area contributed by atoms with E-state index in [4.69, 9.17) is 0 Å². The van der Waals surface area contributed by atoms with Gasteiger partial charge in [0.1, 0.15) is 0 Å². The monoisotopic (exact) mass is 238 g/mol. The van der Waals surface area contributed by atoms with Gasteiger partial charge in [-0.2, -0.15) is 0 Å². The zero-order valence-corrected chi connectivity index (χ0v) is 9.65. The van der Waals surface area contributed by atoms with Gasteiger partial charge in [-0.25, -0.2) is 9.67 Å². The highest BCUT2D eigenvalue weighted by Gasteiger charge is 2.10. The van der Waals surface area contributed by atoms with E-state index in [0.29, 0.717) is 11.0 Å². The molecule has 2 heterocycles. The van der Waals surface area contributed by atoms with Crippen molar-refractivity contribution in [3.63, 3.8) is 0 Å². The molecule has 7 nitrogen and oxygen atoms in total. The van der Waals surface area contributed by atoms with Crippen molar-refractivity contribution in [3.8, 4) is 0 Å². The van der Waals surface area contributed by atoms with Crippen molar-refractivity contribution < 1.29 is 4.79 Å². The van der Waals surface area contributed by atoms with E-state index in [1.54, 1.807) is 7.05 Å². The smallest absolute Gasteiger partial charge is 0.233 e. The second kappa shape index (κ2) is 4.35. The Kier molecular flexibility index (Phi) is 2.91. The van der Waals surface area contributed by atoms with Gasteiger partial charge in [0.05, 0.1) is 12.1 Å². The van der Waals surface area contributed by atoms with Crippen molar-refractivity contribution in [3.05, 3.63) is 16.9 Å². The number of aryl methyl sites for hydroxylation is 2. The Morgan fingerprint density at radius 2 is 2.44 bits per heavy atom. The number of carbonyl (C=O) groups is 1. The van der Waals surface area contributed by atoms with Gasteiger partial charge >= 0.3 is 0 Å². The minimum atomic E-state index is -0.174. The molecule has 2 aromatic rings. The van der Waals surface area contributed by atoms with Crippen LogP contribution < -0.4 is 5.32 Å². The number of hydrogen-bond acceptors (Lipinski definition) is 6. The van der Waals surface area contributed by atoms with E-state index >= 15 is 0 Å². The van der Waals surface area contributed by atoms with Crippen LogP contribution in [0.3, 0.4) is 0 Å². The lowest BCUT2D eigenvalue weighted by Gasteiger charge is -1.99. The third kappa shape index (κ3) is 2.40. The summed E-state index contributed by atoms with van der Waals surface area (Å²) in [5, 5.41) is 16.0. The number of rotatable bonds is 3. The first kappa shape index (κ1) is 10.7. The van der Waals surface area contributed by atoms with Gasteiger partial charge in [-0.05, 0) is 17.4 Å². The van der Waals surface area contributed by atoms with Crippen molar-refractivity contribution in [2.75, 3.05) is 5.32 Å². The standard InChI is InChI=1S/C8H10N6OS/c1-5-4-16-8(9-5)10-7(15)3-6-11-12-13-14(6)2/h4H,3H2,1-2H3,(H,9,10,15). The minimum absolute atomic E-state index is 0.141. The fourth-order valence-corrected chi connectivity index (χ4v) is 1.82. The van der Waals surface area contributed by atoms with Crippen LogP contribution >= 0.6 is 11.3 Å². The largest absolute Gasteiger partial charge is 0.302 e. The summed E-state index contributed by atoms with van der Waals surface area (Å²) in [5.74, 6) is 0.345. The second-order valence-corrected chi connectivity index (χ2v) is 4.10. The lowest BCUT2D eigenvalue weighted by atomic mass is 10.4. The lowest BCUT2D eigenvalue weighted by Crippen LogP contribution is -2.17. The maximum atomic E-state index is 11.6. The molecule has 0 radical (unpaired) electrons. The third-order valence-electron chi connectivity index (χ3n) is 1.89. The first-order valence-corrected chi connectivity index (χ1v) is 5.46. The SMILES string of the molecule is Cc1csc(NC(=O)Cc2nnnn2C)n1. The number of aromatic nitrogens is 5. The van der Waals surface area contributed by atoms with Crippen LogP contribution in [0.25, 0.3) is 0 Å². The van der Waals surface area contributed by atoms with Crippen LogP contribution in [0.5, 0.6) is 0 Å². The molecule has 0 atom stereocenters. The molecule has 0 aliphatic rings. The third-order valence-corrected chi connectivity index (χ3v) is 2.77. The fraction of sp³-hybridized carbons (Fsp3) is 0.375. The van der Waals surface area contributed by atoms with Crippen molar-refractivity contribution in [1.82, 2.24) is 25.2 Å². The van der Waals surface area contributed by atoms with Crippen molar-refractivity contribution in [1.29, 1.82) is 0 Å². The molecule has 0 aromatic carbocycles. The summed E-state index contributed by atoms with van der Waals surface area (Å²) in [5.41, 5.74) is 0.889. The summed E-state index contributed by atoms with van der Waals surface area (Å²) in [4.78, 5) is 15.7. The number of nitrogens with zero attached hydrogens (tertiary/aromatic N) is 5. The van der Waals surface area contributed by atoms with Gasteiger partial charge in [-0.1, -0.05) is 0 Å². The molecule has 2 rings (SSSR count). The summed E-state index contributed by atoms with van der Waals surface area (Å²) >= 11 is 1.39. The predicted molar refractivity (Wildman–Crippen MR) is 58.0 cm³/mol. The number of anilines is 1. The molecule has 8 heteroatoms. The summed E-state index contributed by atoms with van der Waals surface area (Å²) < 4.78 is 1.46. The van der Waals surface area contributed by atoms with E-state index in [-0.39, 0.29) is 12.3 Å². The number of hydrogen-bond donors (Lipinski definition) is 1. The summed E-state index contributed by atoms with van der Waals surface area (Å²) in [6, 6.07) is 0. The van der Waals surface area contributed by atoms with E-state index < -0.39 is 0 Å². The normalized spacial score (nSPS) is 10.4. The van der Waals surface area contributed by atoms with Gasteiger partial charge in [0.25, 0.3) is 0 Å². The first-order chi connectivity index (χ1) is 7.65. The van der Waals surface area contributed by atoms with Gasteiger partial charge in [0.15, 0.2) is 11.0 Å². The molecule has 2 aromatic heterocycles. The molecule has 16 heavy (non-hydrogen) atoms. The van der Waals surface area contributed by atoms with Gasteiger partial charge < -0.3 is 5.32 Å². The van der Waals surface area contributed by atoms with E-state index in [9.17, 15) is 4.79 Å². The van der Waals surface area contributed by atoms with E-state index in [1.807, 2.05) is 12.3 Å². The van der Waals surface area contributed by atoms with Crippen molar-refractivity contribution in [2.24, 2.45) is 7.05 Å². The zero-order chi connectivity index (χ0) is 11.5. The maximum absolute atomic E-state index is 11.6. The Balaban J connectivity index is 1.97. The Hall–Kier alpha value is -1.83. The molecule has 0 fully saturated rings. The van der Waals surface area contributed by atoms with E-state index in [2.05, 4.69) is 25.8 Å². The zero-order valence-electron chi connectivity index (χ0n) is 8.84. The van der Waals surface area contributed by atoms with Crippen LogP contribution in [0.15, 0.2) is 5.38 Å². The van der Waals surface area contributed by atoms with Crippen molar-refractivity contribution in [2.45, 2.75) is 13.3 Å². The Morgan fingerprint density at radius 1 is 1.62 bits per heavy atom. The van der Waals surface area contributed by atoms with Crippen LogP contribution in [0, 0.1) is 6.92 Å². The van der Waals surface area contributed by atoms with Crippen LogP contribution in [0.2, 0.25) is 0 Å². The molecular weight excluding hydrogens is 228 g/mol. The van der Waals surface area contributed by atoms with Crippen LogP contribution in [0.1, 0.15) is 11.5 Å². The van der Waals surface area contributed by atoms with Crippen LogP contribution in [0.4, 0.5) is 5.13 Å². The number of carbonyl (C=O) groups excluding carboxylic acids is 1. The average molecular weight is 238 g/mol. The van der Waals surface area contributed by atoms with Crippen LogP contribution in [-0.4, -0.2) is 31.1 Å². The summed E-state index contributed by atoms with van der Waals surface area (Å²) in [6.07, 6.45) is 0.141. The highest BCUT2D eigenvalue weighted by atomic mass is 32.1. The minimum Gasteiger partial charge on any atom is -0.302 e. The Labute approximate surface area is 95.5 Å². The molecule has 0 aliphatic carbocycles. The highest BCUT2D eigenvalue weighted by Crippen LogP contribution is 2.14. The average Bonchev–Trinajstić information content (AvgIpc) is 2.77. The molecular formula is C8H10N6OS. The van der Waals surface area contributed by atoms with E-state index in [1.165, 1.54) is 16.0 Å². The molecule has 0 bridgehead atoms. The number of amides is 1. The topological polar surface area (TPSA) is 85.6 Å². The van der Waals surface area contributed by atoms with Gasteiger partial charge in [0, 0.05) is 12.4 Å². The molecule has 0 spiro atoms. The Morgan fingerprint density at radius 3 is 3.00 bits per heavy atom. The first-order valence-electron chi connectivity index (χ1n) is 4.58. The van der Waals surface area contributed by atoms with Gasteiger partial charge in [-0.15, -0.1) is 16.4 Å². The van der Waals surface area contributed by atoms with Gasteiger partial charge in [-0.3, -0.25) is 4.79 Å². The molecule has 1 N–H and O–H groups in total. The molecule has 0 saturated carbocycles.